The molecule has 1 aromatic carbocycles. The predicted molar refractivity (Wildman–Crippen MR) is 90.1 cm³/mol. The van der Waals surface area contributed by atoms with Gasteiger partial charge in [0.05, 0.1) is 16.5 Å². The third kappa shape index (κ3) is 4.77. The van der Waals surface area contributed by atoms with E-state index >= 15 is 0 Å². The van der Waals surface area contributed by atoms with Crippen molar-refractivity contribution in [3.8, 4) is 0 Å². The van der Waals surface area contributed by atoms with Crippen LogP contribution in [0.3, 0.4) is 0 Å². The van der Waals surface area contributed by atoms with E-state index in [1.54, 1.807) is 12.1 Å². The van der Waals surface area contributed by atoms with E-state index in [9.17, 15) is 14.9 Å². The van der Waals surface area contributed by atoms with Crippen LogP contribution >= 0.6 is 0 Å². The minimum absolute atomic E-state index is 0.0699. The molecule has 0 aliphatic heterocycles. The number of aromatic nitrogens is 1. The van der Waals surface area contributed by atoms with Gasteiger partial charge >= 0.3 is 5.97 Å². The molecule has 1 aromatic heterocycles. The summed E-state index contributed by atoms with van der Waals surface area (Å²) in [5.74, 6) is 0.120. The Morgan fingerprint density at radius 2 is 2.17 bits per heavy atom. The lowest BCUT2D eigenvalue weighted by molar-refractivity contribution is -0.385. The second kappa shape index (κ2) is 8.05. The first-order chi connectivity index (χ1) is 11.5. The molecule has 0 radical (unpaired) electrons. The van der Waals surface area contributed by atoms with Crippen LogP contribution in [0.25, 0.3) is 0 Å². The van der Waals surface area contributed by atoms with Crippen molar-refractivity contribution in [2.24, 2.45) is 0 Å². The van der Waals surface area contributed by atoms with Gasteiger partial charge in [-0.05, 0) is 31.5 Å². The van der Waals surface area contributed by atoms with Gasteiger partial charge in [-0.1, -0.05) is 24.6 Å². The summed E-state index contributed by atoms with van der Waals surface area (Å²) in [7, 11) is 0. The fourth-order valence-electron chi connectivity index (χ4n) is 2.08. The van der Waals surface area contributed by atoms with Crippen molar-refractivity contribution < 1.29 is 14.5 Å². The number of anilines is 1. The van der Waals surface area contributed by atoms with E-state index in [-0.39, 0.29) is 24.3 Å². The summed E-state index contributed by atoms with van der Waals surface area (Å²) in [4.78, 5) is 26.2. The second-order valence-corrected chi connectivity index (χ2v) is 5.38. The summed E-state index contributed by atoms with van der Waals surface area (Å²) in [5, 5.41) is 13.7. The predicted octanol–water partition coefficient (Wildman–Crippen LogP) is 3.35. The molecule has 24 heavy (non-hydrogen) atoms. The Bertz CT molecular complexity index is 716. The molecule has 0 bridgehead atoms. The molecule has 1 atom stereocenters. The van der Waals surface area contributed by atoms with Crippen LogP contribution < -0.4 is 5.32 Å². The maximum absolute atomic E-state index is 12.0. The van der Waals surface area contributed by atoms with E-state index in [1.807, 2.05) is 26.0 Å². The minimum atomic E-state index is -0.502. The van der Waals surface area contributed by atoms with Gasteiger partial charge in [-0.25, -0.2) is 9.78 Å². The van der Waals surface area contributed by atoms with E-state index in [4.69, 9.17) is 4.74 Å². The quantitative estimate of drug-likeness (QED) is 0.475. The third-order valence-electron chi connectivity index (χ3n) is 3.47. The minimum Gasteiger partial charge on any atom is -0.460 e. The highest BCUT2D eigenvalue weighted by molar-refractivity contribution is 5.89. The second-order valence-electron chi connectivity index (χ2n) is 5.38. The SMILES string of the molecule is CCC(COC(=O)c1cccc(C)c1)Nc1ccc([N+](=O)[O-])cn1. The van der Waals surface area contributed by atoms with Gasteiger partial charge in [0, 0.05) is 6.07 Å². The molecule has 7 nitrogen and oxygen atoms in total. The molecule has 0 aliphatic carbocycles. The van der Waals surface area contributed by atoms with Gasteiger partial charge in [-0.2, -0.15) is 0 Å². The third-order valence-corrected chi connectivity index (χ3v) is 3.47. The van der Waals surface area contributed by atoms with Crippen LogP contribution in [0, 0.1) is 17.0 Å². The number of ether oxygens (including phenoxy) is 1. The molecule has 7 heteroatoms. The molecule has 0 saturated heterocycles. The standard InChI is InChI=1S/C17H19N3O4/c1-3-14(19-16-8-7-15(10-18-16)20(22)23)11-24-17(21)13-6-4-5-12(2)9-13/h4-10,14H,3,11H2,1-2H3,(H,18,19). The number of benzene rings is 1. The lowest BCUT2D eigenvalue weighted by Gasteiger charge is -2.17. The maximum Gasteiger partial charge on any atom is 0.338 e. The van der Waals surface area contributed by atoms with E-state index in [0.29, 0.717) is 17.8 Å². The Morgan fingerprint density at radius 1 is 1.38 bits per heavy atom. The Morgan fingerprint density at radius 3 is 2.75 bits per heavy atom. The lowest BCUT2D eigenvalue weighted by atomic mass is 10.1. The summed E-state index contributed by atoms with van der Waals surface area (Å²) in [6.07, 6.45) is 1.90. The number of nitro groups is 1. The fourth-order valence-corrected chi connectivity index (χ4v) is 2.08. The van der Waals surface area contributed by atoms with Crippen LogP contribution in [0.1, 0.15) is 29.3 Å². The number of carbonyl (C=O) groups excluding carboxylic acids is 1. The van der Waals surface area contributed by atoms with Gasteiger partial charge in [-0.3, -0.25) is 10.1 Å². The first kappa shape index (κ1) is 17.4. The summed E-state index contributed by atoms with van der Waals surface area (Å²) in [6, 6.07) is 9.98. The summed E-state index contributed by atoms with van der Waals surface area (Å²) < 4.78 is 5.33. The molecule has 0 amide bonds. The van der Waals surface area contributed by atoms with Gasteiger partial charge < -0.3 is 10.1 Å². The van der Waals surface area contributed by atoms with Crippen molar-refractivity contribution in [2.45, 2.75) is 26.3 Å². The molecule has 2 rings (SSSR count). The number of hydrogen-bond donors (Lipinski definition) is 1. The first-order valence-electron chi connectivity index (χ1n) is 7.60. The zero-order valence-electron chi connectivity index (χ0n) is 13.6. The molecule has 0 saturated carbocycles. The lowest BCUT2D eigenvalue weighted by Crippen LogP contribution is -2.26. The largest absolute Gasteiger partial charge is 0.460 e. The smallest absolute Gasteiger partial charge is 0.338 e. The Hall–Kier alpha value is -2.96. The highest BCUT2D eigenvalue weighted by Gasteiger charge is 2.13. The normalized spacial score (nSPS) is 11.6. The van der Waals surface area contributed by atoms with Gasteiger partial charge in [-0.15, -0.1) is 0 Å². The van der Waals surface area contributed by atoms with Crippen LogP contribution in [-0.4, -0.2) is 28.5 Å². The first-order valence-corrected chi connectivity index (χ1v) is 7.60. The number of rotatable bonds is 7. The van der Waals surface area contributed by atoms with Crippen molar-refractivity contribution in [3.05, 3.63) is 63.8 Å². The van der Waals surface area contributed by atoms with E-state index in [0.717, 1.165) is 5.56 Å². The summed E-state index contributed by atoms with van der Waals surface area (Å²) >= 11 is 0. The van der Waals surface area contributed by atoms with E-state index in [1.165, 1.54) is 18.3 Å². The molecule has 126 valence electrons. The van der Waals surface area contributed by atoms with Gasteiger partial charge in [0.1, 0.15) is 18.6 Å². The molecular weight excluding hydrogens is 310 g/mol. The molecule has 1 heterocycles. The fraction of sp³-hybridized carbons (Fsp3) is 0.294. The highest BCUT2D eigenvalue weighted by atomic mass is 16.6. The average Bonchev–Trinajstić information content (AvgIpc) is 2.58. The molecule has 1 N–H and O–H groups in total. The maximum atomic E-state index is 12.0. The molecule has 0 spiro atoms. The van der Waals surface area contributed by atoms with Gasteiger partial charge in [0.25, 0.3) is 5.69 Å². The monoisotopic (exact) mass is 329 g/mol. The summed E-state index contributed by atoms with van der Waals surface area (Å²) in [6.45, 7) is 4.04. The van der Waals surface area contributed by atoms with E-state index < -0.39 is 4.92 Å². The molecule has 1 unspecified atom stereocenters. The van der Waals surface area contributed by atoms with Crippen LogP contribution in [0.15, 0.2) is 42.6 Å². The number of nitrogens with zero attached hydrogens (tertiary/aromatic N) is 2. The average molecular weight is 329 g/mol. The molecule has 0 aliphatic rings. The number of nitrogens with one attached hydrogen (secondary N) is 1. The number of pyridine rings is 1. The number of hydrogen-bond acceptors (Lipinski definition) is 6. The Balaban J connectivity index is 1.92. The van der Waals surface area contributed by atoms with Crippen LogP contribution in [0.2, 0.25) is 0 Å². The molecule has 2 aromatic rings. The zero-order valence-corrected chi connectivity index (χ0v) is 13.6. The van der Waals surface area contributed by atoms with Crippen LogP contribution in [0.4, 0.5) is 11.5 Å². The Kier molecular flexibility index (Phi) is 5.83. The van der Waals surface area contributed by atoms with E-state index in [2.05, 4.69) is 10.3 Å². The van der Waals surface area contributed by atoms with Gasteiger partial charge in [0.2, 0.25) is 0 Å². The topological polar surface area (TPSA) is 94.4 Å². The zero-order chi connectivity index (χ0) is 17.5. The van der Waals surface area contributed by atoms with Crippen molar-refractivity contribution in [2.75, 3.05) is 11.9 Å². The number of esters is 1. The number of aryl methyl sites for hydroxylation is 1. The van der Waals surface area contributed by atoms with Crippen molar-refractivity contribution >= 4 is 17.5 Å². The number of carbonyl (C=O) groups is 1. The van der Waals surface area contributed by atoms with Crippen molar-refractivity contribution in [1.29, 1.82) is 0 Å². The van der Waals surface area contributed by atoms with Crippen molar-refractivity contribution in [1.82, 2.24) is 4.98 Å². The van der Waals surface area contributed by atoms with Crippen LogP contribution in [-0.2, 0) is 4.74 Å². The molecule has 0 fully saturated rings. The van der Waals surface area contributed by atoms with Crippen molar-refractivity contribution in [3.63, 3.8) is 0 Å². The highest BCUT2D eigenvalue weighted by Crippen LogP contribution is 2.14. The van der Waals surface area contributed by atoms with Crippen LogP contribution in [0.5, 0.6) is 0 Å². The Labute approximate surface area is 139 Å². The summed E-state index contributed by atoms with van der Waals surface area (Å²) in [5.41, 5.74) is 1.43. The molecular formula is C17H19N3O4. The van der Waals surface area contributed by atoms with Gasteiger partial charge in [0.15, 0.2) is 0 Å².